The summed E-state index contributed by atoms with van der Waals surface area (Å²) in [7, 11) is 2.54. The van der Waals surface area contributed by atoms with Crippen molar-refractivity contribution in [2.45, 2.75) is 26.9 Å². The highest BCUT2D eigenvalue weighted by Gasteiger charge is 2.17. The highest BCUT2D eigenvalue weighted by Crippen LogP contribution is 2.29. The zero-order valence-electron chi connectivity index (χ0n) is 27.0. The molecule has 0 amide bonds. The Kier molecular flexibility index (Phi) is 10.4. The summed E-state index contributed by atoms with van der Waals surface area (Å²) < 4.78 is 84.3. The number of benzene rings is 3. The highest BCUT2D eigenvalue weighted by atomic mass is 35.5. The number of nitrogens with one attached hydrogen (secondary N) is 1. The van der Waals surface area contributed by atoms with Gasteiger partial charge in [0, 0.05) is 31.9 Å². The molecule has 0 spiro atoms. The first-order valence-corrected chi connectivity index (χ1v) is 15.8. The molecule has 0 aliphatic carbocycles. The average Bonchev–Trinajstić information content (AvgIpc) is 3.42. The van der Waals surface area contributed by atoms with Gasteiger partial charge in [-0.2, -0.15) is 0 Å². The van der Waals surface area contributed by atoms with Crippen LogP contribution in [0.5, 0.6) is 0 Å². The minimum absolute atomic E-state index is 0.00375. The largest absolute Gasteiger partial charge is 0.341 e. The van der Waals surface area contributed by atoms with Crippen LogP contribution >= 0.6 is 22.9 Å². The molecule has 51 heavy (non-hydrogen) atoms. The lowest BCUT2D eigenvalue weighted by Crippen LogP contribution is -2.38. The first-order valence-electron chi connectivity index (χ1n) is 14.6. The Morgan fingerprint density at radius 1 is 0.686 bits per heavy atom. The molecule has 0 fully saturated rings. The molecular formula is C33H25ClF6N6O4S. The fourth-order valence-corrected chi connectivity index (χ4v) is 6.02. The summed E-state index contributed by atoms with van der Waals surface area (Å²) >= 11 is 7.26. The number of halogens is 7. The van der Waals surface area contributed by atoms with E-state index in [1.807, 2.05) is 26.0 Å². The van der Waals surface area contributed by atoms with Gasteiger partial charge in [-0.3, -0.25) is 27.9 Å². The van der Waals surface area contributed by atoms with Crippen molar-refractivity contribution >= 4 is 44.7 Å². The molecule has 3 aromatic carbocycles. The normalized spacial score (nSPS) is 11.1. The van der Waals surface area contributed by atoms with Crippen molar-refractivity contribution in [2.75, 3.05) is 5.32 Å². The van der Waals surface area contributed by atoms with E-state index in [-0.39, 0.29) is 35.2 Å². The molecule has 0 saturated carbocycles. The molecule has 0 saturated heterocycles. The summed E-state index contributed by atoms with van der Waals surface area (Å²) in [5, 5.41) is 3.80. The molecule has 0 aliphatic rings. The molecule has 0 aliphatic heterocycles. The lowest BCUT2D eigenvalue weighted by molar-refractivity contribution is 0.444. The maximum atomic E-state index is 13.7. The van der Waals surface area contributed by atoms with Gasteiger partial charge in [0.2, 0.25) is 0 Å². The minimum atomic E-state index is -1.59. The topological polar surface area (TPSA) is 113 Å². The Morgan fingerprint density at radius 3 is 1.69 bits per heavy atom. The van der Waals surface area contributed by atoms with Gasteiger partial charge in [0.05, 0.1) is 28.3 Å². The second-order valence-corrected chi connectivity index (χ2v) is 12.9. The van der Waals surface area contributed by atoms with Gasteiger partial charge in [0.25, 0.3) is 11.1 Å². The molecule has 3 heterocycles. The van der Waals surface area contributed by atoms with E-state index in [4.69, 9.17) is 11.6 Å². The maximum absolute atomic E-state index is 13.7. The first kappa shape index (κ1) is 36.9. The summed E-state index contributed by atoms with van der Waals surface area (Å²) in [5.41, 5.74) is -0.232. The third kappa shape index (κ3) is 7.68. The number of aryl methyl sites for hydroxylation is 2. The van der Waals surface area contributed by atoms with E-state index in [0.717, 1.165) is 69.4 Å². The van der Waals surface area contributed by atoms with Crippen LogP contribution in [0.25, 0.3) is 10.2 Å². The molecule has 3 aromatic heterocycles. The third-order valence-corrected chi connectivity index (χ3v) is 8.87. The predicted octanol–water partition coefficient (Wildman–Crippen LogP) is 5.65. The second-order valence-electron chi connectivity index (χ2n) is 11.3. The van der Waals surface area contributed by atoms with Crippen LogP contribution < -0.4 is 27.8 Å². The van der Waals surface area contributed by atoms with Gasteiger partial charge in [0.15, 0.2) is 34.9 Å². The monoisotopic (exact) mass is 750 g/mol. The number of hydrogen-bond donors (Lipinski definition) is 1. The SMILES string of the molecule is Cc1nc2cc(C)c(Nc3cc(=O)n(C)c(=O)n3Cc3cc(F)c(F)c(F)c3)cc2s1.Cn1c(=O)cc(Cl)n(Cc2cc(F)c(F)c(F)c2)c1=O. The molecule has 0 radical (unpaired) electrons. The van der Waals surface area contributed by atoms with Gasteiger partial charge in [-0.05, 0) is 66.9 Å². The Balaban J connectivity index is 0.000000218. The van der Waals surface area contributed by atoms with Gasteiger partial charge < -0.3 is 5.32 Å². The van der Waals surface area contributed by atoms with Gasteiger partial charge in [-0.25, -0.2) is 40.9 Å². The summed E-state index contributed by atoms with van der Waals surface area (Å²) in [6.45, 7) is 3.18. The van der Waals surface area contributed by atoms with Crippen LogP contribution in [0, 0.1) is 48.8 Å². The van der Waals surface area contributed by atoms with Crippen molar-refractivity contribution in [1.29, 1.82) is 0 Å². The zero-order chi connectivity index (χ0) is 37.5. The number of anilines is 2. The van der Waals surface area contributed by atoms with Crippen LogP contribution in [0.15, 0.2) is 67.7 Å². The molecule has 6 aromatic rings. The van der Waals surface area contributed by atoms with Crippen LogP contribution in [0.3, 0.4) is 0 Å². The minimum Gasteiger partial charge on any atom is -0.341 e. The van der Waals surface area contributed by atoms with Crippen molar-refractivity contribution in [2.24, 2.45) is 14.1 Å². The van der Waals surface area contributed by atoms with E-state index < -0.39 is 57.4 Å². The molecule has 0 bridgehead atoms. The molecule has 0 atom stereocenters. The molecular weight excluding hydrogens is 726 g/mol. The Morgan fingerprint density at radius 2 is 1.16 bits per heavy atom. The van der Waals surface area contributed by atoms with Crippen LogP contribution in [0.2, 0.25) is 5.15 Å². The molecule has 10 nitrogen and oxygen atoms in total. The number of hydrogen-bond acceptors (Lipinski definition) is 7. The van der Waals surface area contributed by atoms with Crippen molar-refractivity contribution in [3.8, 4) is 0 Å². The van der Waals surface area contributed by atoms with E-state index in [1.54, 1.807) is 0 Å². The molecule has 0 unspecified atom stereocenters. The zero-order valence-corrected chi connectivity index (χ0v) is 28.5. The number of thiazole rings is 1. The summed E-state index contributed by atoms with van der Waals surface area (Å²) in [6.07, 6.45) is 0. The van der Waals surface area contributed by atoms with Gasteiger partial charge in [0.1, 0.15) is 11.0 Å². The van der Waals surface area contributed by atoms with E-state index in [2.05, 4.69) is 10.3 Å². The van der Waals surface area contributed by atoms with Crippen LogP contribution in [0.1, 0.15) is 21.7 Å². The van der Waals surface area contributed by atoms with Gasteiger partial charge in [-0.1, -0.05) is 11.6 Å². The van der Waals surface area contributed by atoms with Crippen molar-refractivity contribution in [3.63, 3.8) is 0 Å². The van der Waals surface area contributed by atoms with Crippen LogP contribution in [0.4, 0.5) is 37.8 Å². The van der Waals surface area contributed by atoms with E-state index in [9.17, 15) is 45.5 Å². The highest BCUT2D eigenvalue weighted by molar-refractivity contribution is 7.18. The smallest absolute Gasteiger partial charge is 0.332 e. The van der Waals surface area contributed by atoms with Gasteiger partial charge >= 0.3 is 11.4 Å². The molecule has 266 valence electrons. The fraction of sp³-hybridized carbons (Fsp3) is 0.182. The first-order chi connectivity index (χ1) is 23.9. The number of rotatable bonds is 6. The molecule has 18 heteroatoms. The lowest BCUT2D eigenvalue weighted by atomic mass is 10.2. The Hall–Kier alpha value is -5.42. The van der Waals surface area contributed by atoms with Crippen molar-refractivity contribution in [1.82, 2.24) is 23.3 Å². The maximum Gasteiger partial charge on any atom is 0.332 e. The third-order valence-electron chi connectivity index (χ3n) is 7.62. The summed E-state index contributed by atoms with van der Waals surface area (Å²) in [5.74, 6) is -8.48. The number of fused-ring (bicyclic) bond motifs is 1. The fourth-order valence-electron chi connectivity index (χ4n) is 4.94. The quantitative estimate of drug-likeness (QED) is 0.134. The Bertz CT molecular complexity index is 2550. The molecule has 6 rings (SSSR count). The predicted molar refractivity (Wildman–Crippen MR) is 180 cm³/mol. The Labute approximate surface area is 292 Å². The standard InChI is InChI=1S/C21H17F3N4O2S.C12H8ClF3N2O2/c1-10-4-16-17(31-11(2)25-16)7-15(10)26-18-8-19(29)27(3)21(30)28(18)9-12-5-13(22)20(24)14(23)6-12;1-17-10(19)4-9(13)18(12(17)20)5-6-2-7(14)11(16)8(15)3-6/h4-8,26H,9H2,1-3H3;2-4H,5H2,1H3. The second kappa shape index (κ2) is 14.4. The summed E-state index contributed by atoms with van der Waals surface area (Å²) in [6, 6.07) is 9.11. The van der Waals surface area contributed by atoms with Crippen molar-refractivity contribution in [3.05, 3.63) is 152 Å². The number of nitrogens with zero attached hydrogens (tertiary/aromatic N) is 5. The number of aromatic nitrogens is 5. The van der Waals surface area contributed by atoms with Crippen LogP contribution in [-0.4, -0.2) is 23.3 Å². The van der Waals surface area contributed by atoms with Crippen LogP contribution in [-0.2, 0) is 27.2 Å². The van der Waals surface area contributed by atoms with Gasteiger partial charge in [-0.15, -0.1) is 11.3 Å². The average molecular weight is 751 g/mol. The summed E-state index contributed by atoms with van der Waals surface area (Å²) in [4.78, 5) is 52.6. The van der Waals surface area contributed by atoms with Crippen molar-refractivity contribution < 1.29 is 26.3 Å². The van der Waals surface area contributed by atoms with E-state index >= 15 is 0 Å². The van der Waals surface area contributed by atoms with E-state index in [1.165, 1.54) is 31.5 Å². The molecule has 1 N–H and O–H groups in total. The van der Waals surface area contributed by atoms with E-state index in [0.29, 0.717) is 5.69 Å². The lowest BCUT2D eigenvalue weighted by Gasteiger charge is -2.17.